The van der Waals surface area contributed by atoms with E-state index in [2.05, 4.69) is 33.1 Å². The first kappa shape index (κ1) is 17.6. The van der Waals surface area contributed by atoms with Crippen LogP contribution in [0.3, 0.4) is 0 Å². The van der Waals surface area contributed by atoms with Gasteiger partial charge in [0.1, 0.15) is 17.8 Å². The van der Waals surface area contributed by atoms with Crippen LogP contribution in [0.15, 0.2) is 42.7 Å². The highest BCUT2D eigenvalue weighted by atomic mass is 35.5. The monoisotopic (exact) mass is 380 g/mol. The van der Waals surface area contributed by atoms with Crippen LogP contribution in [0, 0.1) is 13.8 Å². The Morgan fingerprint density at radius 1 is 1.11 bits per heavy atom. The SMILES string of the molecule is Cc1cc(Oc2ncnc(N3CCCc4ccccc43)c2N)cc(C)c1Cl. The predicted molar refractivity (Wildman–Crippen MR) is 109 cm³/mol. The van der Waals surface area contributed by atoms with Crippen LogP contribution >= 0.6 is 11.6 Å². The minimum absolute atomic E-state index is 0.351. The molecule has 4 rings (SSSR count). The predicted octanol–water partition coefficient (Wildman–Crippen LogP) is 5.21. The zero-order valence-electron chi connectivity index (χ0n) is 15.4. The summed E-state index contributed by atoms with van der Waals surface area (Å²) in [7, 11) is 0. The summed E-state index contributed by atoms with van der Waals surface area (Å²) in [6.45, 7) is 4.75. The Morgan fingerprint density at radius 2 is 1.85 bits per heavy atom. The molecule has 6 heteroatoms. The Kier molecular flexibility index (Phi) is 4.62. The number of hydrogen-bond acceptors (Lipinski definition) is 5. The number of benzene rings is 2. The first-order valence-electron chi connectivity index (χ1n) is 8.95. The van der Waals surface area contributed by atoms with Crippen LogP contribution in [0.2, 0.25) is 5.02 Å². The van der Waals surface area contributed by atoms with E-state index in [0.717, 1.165) is 41.2 Å². The summed E-state index contributed by atoms with van der Waals surface area (Å²) in [6, 6.07) is 12.1. The van der Waals surface area contributed by atoms with Crippen LogP contribution in [-0.2, 0) is 6.42 Å². The summed E-state index contributed by atoms with van der Waals surface area (Å²) in [5.41, 5.74) is 11.2. The summed E-state index contributed by atoms with van der Waals surface area (Å²) in [5, 5.41) is 0.739. The van der Waals surface area contributed by atoms with E-state index in [1.807, 2.05) is 32.0 Å². The second-order valence-electron chi connectivity index (χ2n) is 6.77. The van der Waals surface area contributed by atoms with Crippen LogP contribution in [0.4, 0.5) is 17.2 Å². The number of anilines is 3. The number of nitrogen functional groups attached to an aromatic ring is 1. The quantitative estimate of drug-likeness (QED) is 0.676. The van der Waals surface area contributed by atoms with E-state index >= 15 is 0 Å². The molecule has 0 fully saturated rings. The minimum atomic E-state index is 0.351. The van der Waals surface area contributed by atoms with Gasteiger partial charge < -0.3 is 15.4 Å². The molecule has 3 aromatic rings. The van der Waals surface area contributed by atoms with E-state index in [1.54, 1.807) is 0 Å². The van der Waals surface area contributed by atoms with Gasteiger partial charge in [0, 0.05) is 17.3 Å². The molecule has 2 heterocycles. The average Bonchev–Trinajstić information content (AvgIpc) is 2.67. The Balaban J connectivity index is 1.71. The lowest BCUT2D eigenvalue weighted by atomic mass is 10.0. The lowest BCUT2D eigenvalue weighted by molar-refractivity contribution is 0.463. The Hall–Kier alpha value is -2.79. The fraction of sp³-hybridized carbons (Fsp3) is 0.238. The molecule has 1 aliphatic heterocycles. The van der Waals surface area contributed by atoms with Crippen LogP contribution in [0.1, 0.15) is 23.1 Å². The molecule has 0 bridgehead atoms. The second-order valence-corrected chi connectivity index (χ2v) is 7.15. The van der Waals surface area contributed by atoms with E-state index in [0.29, 0.717) is 23.1 Å². The number of hydrogen-bond donors (Lipinski definition) is 1. The molecule has 0 spiro atoms. The lowest BCUT2D eigenvalue weighted by Crippen LogP contribution is -2.26. The number of halogens is 1. The maximum Gasteiger partial charge on any atom is 0.248 e. The number of para-hydroxylation sites is 1. The third kappa shape index (κ3) is 3.30. The highest BCUT2D eigenvalue weighted by Crippen LogP contribution is 2.39. The number of ether oxygens (including phenoxy) is 1. The van der Waals surface area contributed by atoms with Gasteiger partial charge in [0.15, 0.2) is 5.82 Å². The third-order valence-corrected chi connectivity index (χ3v) is 5.41. The number of rotatable bonds is 3. The van der Waals surface area contributed by atoms with E-state index in [-0.39, 0.29) is 0 Å². The molecule has 5 nitrogen and oxygen atoms in total. The topological polar surface area (TPSA) is 64.3 Å². The van der Waals surface area contributed by atoms with Crippen molar-refractivity contribution in [3.63, 3.8) is 0 Å². The zero-order valence-corrected chi connectivity index (χ0v) is 16.1. The zero-order chi connectivity index (χ0) is 19.0. The molecule has 1 aliphatic rings. The van der Waals surface area contributed by atoms with E-state index < -0.39 is 0 Å². The second kappa shape index (κ2) is 7.08. The highest BCUT2D eigenvalue weighted by Gasteiger charge is 2.23. The van der Waals surface area contributed by atoms with Gasteiger partial charge in [-0.2, -0.15) is 4.98 Å². The molecule has 27 heavy (non-hydrogen) atoms. The van der Waals surface area contributed by atoms with Crippen molar-refractivity contribution in [2.75, 3.05) is 17.2 Å². The van der Waals surface area contributed by atoms with Crippen LogP contribution in [0.25, 0.3) is 0 Å². The van der Waals surface area contributed by atoms with Gasteiger partial charge in [-0.1, -0.05) is 29.8 Å². The minimum Gasteiger partial charge on any atom is -0.437 e. The smallest absolute Gasteiger partial charge is 0.248 e. The molecule has 0 unspecified atom stereocenters. The van der Waals surface area contributed by atoms with E-state index in [4.69, 9.17) is 22.1 Å². The number of aryl methyl sites for hydroxylation is 3. The molecular formula is C21H21ClN4O. The Bertz CT molecular complexity index is 982. The van der Waals surface area contributed by atoms with Crippen molar-refractivity contribution in [3.05, 3.63) is 64.4 Å². The number of nitrogens with zero attached hydrogens (tertiary/aromatic N) is 3. The fourth-order valence-electron chi connectivity index (χ4n) is 3.50. The standard InChI is InChI=1S/C21H21ClN4O/c1-13-10-16(11-14(2)18(13)22)27-21-19(23)20(24-12-25-21)26-9-5-7-15-6-3-4-8-17(15)26/h3-4,6,8,10-12H,5,7,9,23H2,1-2H3. The largest absolute Gasteiger partial charge is 0.437 e. The average molecular weight is 381 g/mol. The molecule has 2 N–H and O–H groups in total. The van der Waals surface area contributed by atoms with Gasteiger partial charge in [-0.25, -0.2) is 4.98 Å². The Morgan fingerprint density at radius 3 is 2.63 bits per heavy atom. The Labute approximate surface area is 163 Å². The van der Waals surface area contributed by atoms with Crippen molar-refractivity contribution < 1.29 is 4.74 Å². The molecular weight excluding hydrogens is 360 g/mol. The molecule has 0 amide bonds. The van der Waals surface area contributed by atoms with E-state index in [9.17, 15) is 0 Å². The maximum absolute atomic E-state index is 6.41. The van der Waals surface area contributed by atoms with Gasteiger partial charge >= 0.3 is 0 Å². The maximum atomic E-state index is 6.41. The van der Waals surface area contributed by atoms with Gasteiger partial charge in [0.25, 0.3) is 0 Å². The number of fused-ring (bicyclic) bond motifs is 1. The highest BCUT2D eigenvalue weighted by molar-refractivity contribution is 6.32. The molecule has 138 valence electrons. The molecule has 0 saturated heterocycles. The molecule has 0 saturated carbocycles. The fourth-order valence-corrected chi connectivity index (χ4v) is 3.61. The first-order chi connectivity index (χ1) is 13.0. The van der Waals surface area contributed by atoms with E-state index in [1.165, 1.54) is 11.9 Å². The van der Waals surface area contributed by atoms with Crippen molar-refractivity contribution in [2.45, 2.75) is 26.7 Å². The van der Waals surface area contributed by atoms with Crippen molar-refractivity contribution in [2.24, 2.45) is 0 Å². The lowest BCUT2D eigenvalue weighted by Gasteiger charge is -2.31. The first-order valence-corrected chi connectivity index (χ1v) is 9.33. The van der Waals surface area contributed by atoms with Crippen LogP contribution in [0.5, 0.6) is 11.6 Å². The third-order valence-electron chi connectivity index (χ3n) is 4.82. The van der Waals surface area contributed by atoms with Crippen molar-refractivity contribution in [1.29, 1.82) is 0 Å². The van der Waals surface area contributed by atoms with Crippen molar-refractivity contribution in [3.8, 4) is 11.6 Å². The van der Waals surface area contributed by atoms with Crippen molar-refractivity contribution in [1.82, 2.24) is 9.97 Å². The molecule has 2 aromatic carbocycles. The van der Waals surface area contributed by atoms with Crippen LogP contribution in [-0.4, -0.2) is 16.5 Å². The van der Waals surface area contributed by atoms with Gasteiger partial charge in [-0.3, -0.25) is 0 Å². The van der Waals surface area contributed by atoms with Crippen molar-refractivity contribution >= 4 is 28.8 Å². The number of aromatic nitrogens is 2. The summed E-state index contributed by atoms with van der Waals surface area (Å²) in [4.78, 5) is 10.8. The molecule has 1 aromatic heterocycles. The molecule has 0 radical (unpaired) electrons. The normalized spacial score (nSPS) is 13.4. The number of nitrogens with two attached hydrogens (primary N) is 1. The summed E-state index contributed by atoms with van der Waals surface area (Å²) >= 11 is 6.25. The summed E-state index contributed by atoms with van der Waals surface area (Å²) in [5.74, 6) is 1.68. The summed E-state index contributed by atoms with van der Waals surface area (Å²) < 4.78 is 5.98. The van der Waals surface area contributed by atoms with Gasteiger partial charge in [-0.15, -0.1) is 0 Å². The van der Waals surface area contributed by atoms with Gasteiger partial charge in [-0.05, 0) is 61.6 Å². The van der Waals surface area contributed by atoms with Crippen LogP contribution < -0.4 is 15.4 Å². The van der Waals surface area contributed by atoms with Gasteiger partial charge in [0.05, 0.1) is 0 Å². The molecule has 0 aliphatic carbocycles. The summed E-state index contributed by atoms with van der Waals surface area (Å²) in [6.07, 6.45) is 3.60. The molecule has 0 atom stereocenters. The van der Waals surface area contributed by atoms with Gasteiger partial charge in [0.2, 0.25) is 5.88 Å².